The number of fused-ring (bicyclic) bond motifs is 2. The van der Waals surface area contributed by atoms with Crippen LogP contribution in [-0.4, -0.2) is 54.3 Å². The smallest absolute Gasteiger partial charge is 0.419 e. The van der Waals surface area contributed by atoms with Crippen molar-refractivity contribution in [3.05, 3.63) is 53.1 Å². The van der Waals surface area contributed by atoms with Crippen LogP contribution in [0, 0.1) is 0 Å². The van der Waals surface area contributed by atoms with Crippen LogP contribution in [0.2, 0.25) is 0 Å². The van der Waals surface area contributed by atoms with Crippen LogP contribution in [0.5, 0.6) is 0 Å². The summed E-state index contributed by atoms with van der Waals surface area (Å²) in [6.07, 6.45) is -0.455. The average molecular weight is 477 g/mol. The van der Waals surface area contributed by atoms with Crippen LogP contribution >= 0.6 is 0 Å². The van der Waals surface area contributed by atoms with Gasteiger partial charge in [0.05, 0.1) is 16.8 Å². The first-order valence-corrected chi connectivity index (χ1v) is 12.2. The summed E-state index contributed by atoms with van der Waals surface area (Å²) in [5, 5.41) is 3.88. The van der Waals surface area contributed by atoms with E-state index >= 15 is 0 Å². The van der Waals surface area contributed by atoms with Crippen molar-refractivity contribution in [3.8, 4) is 11.3 Å². The van der Waals surface area contributed by atoms with Crippen LogP contribution in [0.4, 0.5) is 10.5 Å². The maximum atomic E-state index is 13.5. The summed E-state index contributed by atoms with van der Waals surface area (Å²) in [4.78, 5) is 30.8. The van der Waals surface area contributed by atoms with Crippen LogP contribution in [0.15, 0.2) is 36.4 Å². The highest BCUT2D eigenvalue weighted by Crippen LogP contribution is 2.36. The molecule has 4 rings (SSSR count). The first kappa shape index (κ1) is 24.8. The zero-order chi connectivity index (χ0) is 25.5. The molecule has 1 aromatic heterocycles. The predicted molar refractivity (Wildman–Crippen MR) is 141 cm³/mol. The molecule has 0 atom stereocenters. The molecule has 2 aromatic carbocycles. The van der Waals surface area contributed by atoms with E-state index in [9.17, 15) is 9.59 Å². The van der Waals surface area contributed by atoms with E-state index in [0.29, 0.717) is 17.8 Å². The third-order valence-corrected chi connectivity index (χ3v) is 6.21. The van der Waals surface area contributed by atoms with E-state index in [1.54, 1.807) is 4.57 Å². The molecule has 0 saturated carbocycles. The molecule has 1 N–H and O–H groups in total. The second-order valence-electron chi connectivity index (χ2n) is 10.4. The van der Waals surface area contributed by atoms with E-state index in [-0.39, 0.29) is 5.91 Å². The van der Waals surface area contributed by atoms with Crippen LogP contribution in [0.3, 0.4) is 0 Å². The molecule has 2 heterocycles. The van der Waals surface area contributed by atoms with Crippen molar-refractivity contribution < 1.29 is 14.3 Å². The summed E-state index contributed by atoms with van der Waals surface area (Å²) in [6.45, 7) is 12.8. The SMILES string of the molecule is CCN(CC)c1ccc2c(c1)cc(-c1cc(CN(C)C)cc3c1C(=O)NC3)n2C(=O)OC(C)(C)C. The second kappa shape index (κ2) is 9.38. The number of carbonyl (C=O) groups is 2. The standard InChI is InChI=1S/C28H36N4O3/c1-8-31(9-2)21-10-11-23-19(14-21)15-24(32(23)27(34)35-28(3,4)5)22-13-18(17-30(6)7)12-20-16-29-26(33)25(20)22/h10-15H,8-9,16-17H2,1-7H3,(H,29,33). The van der Waals surface area contributed by atoms with Gasteiger partial charge in [0.15, 0.2) is 0 Å². The lowest BCUT2D eigenvalue weighted by Gasteiger charge is -2.22. The monoisotopic (exact) mass is 476 g/mol. The van der Waals surface area contributed by atoms with Crippen molar-refractivity contribution in [2.75, 3.05) is 32.1 Å². The number of anilines is 1. The molecule has 0 unspecified atom stereocenters. The Morgan fingerprint density at radius 1 is 1.09 bits per heavy atom. The minimum atomic E-state index is -0.655. The Kier molecular flexibility index (Phi) is 6.64. The molecule has 35 heavy (non-hydrogen) atoms. The third-order valence-electron chi connectivity index (χ3n) is 6.21. The number of hydrogen-bond acceptors (Lipinski definition) is 5. The topological polar surface area (TPSA) is 66.8 Å². The highest BCUT2D eigenvalue weighted by molar-refractivity contribution is 6.07. The molecular formula is C28H36N4O3. The summed E-state index contributed by atoms with van der Waals surface area (Å²) < 4.78 is 7.44. The van der Waals surface area contributed by atoms with Gasteiger partial charge in [-0.25, -0.2) is 9.36 Å². The summed E-state index contributed by atoms with van der Waals surface area (Å²) in [5.41, 5.74) is 5.29. The fourth-order valence-corrected chi connectivity index (χ4v) is 4.79. The summed E-state index contributed by atoms with van der Waals surface area (Å²) in [7, 11) is 4.03. The van der Waals surface area contributed by atoms with Crippen LogP contribution in [0.25, 0.3) is 22.2 Å². The highest BCUT2D eigenvalue weighted by Gasteiger charge is 2.29. The molecule has 0 aliphatic carbocycles. The molecule has 186 valence electrons. The number of nitrogens with zero attached hydrogens (tertiary/aromatic N) is 3. The number of hydrogen-bond donors (Lipinski definition) is 1. The van der Waals surface area contributed by atoms with E-state index in [4.69, 9.17) is 4.74 Å². The molecule has 0 spiro atoms. The minimum Gasteiger partial charge on any atom is -0.443 e. The Morgan fingerprint density at radius 3 is 2.43 bits per heavy atom. The van der Waals surface area contributed by atoms with Crippen molar-refractivity contribution in [2.24, 2.45) is 0 Å². The Hall–Kier alpha value is -3.32. The largest absolute Gasteiger partial charge is 0.443 e. The predicted octanol–water partition coefficient (Wildman–Crippen LogP) is 5.24. The first-order valence-electron chi connectivity index (χ1n) is 12.2. The van der Waals surface area contributed by atoms with E-state index in [1.165, 1.54) is 0 Å². The molecule has 0 radical (unpaired) electrons. The van der Waals surface area contributed by atoms with Gasteiger partial charge in [0, 0.05) is 42.8 Å². The first-order chi connectivity index (χ1) is 16.5. The Bertz CT molecular complexity index is 1280. The number of carbonyl (C=O) groups excluding carboxylic acids is 2. The number of rotatable bonds is 6. The molecule has 0 bridgehead atoms. The fourth-order valence-electron chi connectivity index (χ4n) is 4.79. The number of amides is 1. The number of nitrogens with one attached hydrogen (secondary N) is 1. The lowest BCUT2D eigenvalue weighted by molar-refractivity contribution is 0.0547. The van der Waals surface area contributed by atoms with Gasteiger partial charge in [0.25, 0.3) is 5.91 Å². The quantitative estimate of drug-likeness (QED) is 0.527. The van der Waals surface area contributed by atoms with E-state index in [1.807, 2.05) is 59.1 Å². The zero-order valence-electron chi connectivity index (χ0n) is 21.9. The van der Waals surface area contributed by atoms with E-state index < -0.39 is 11.7 Å². The van der Waals surface area contributed by atoms with Gasteiger partial charge in [-0.3, -0.25) is 4.79 Å². The normalized spacial score (nSPS) is 13.3. The molecule has 1 amide bonds. The van der Waals surface area contributed by atoms with Gasteiger partial charge in [-0.2, -0.15) is 0 Å². The maximum Gasteiger partial charge on any atom is 0.419 e. The minimum absolute atomic E-state index is 0.115. The Morgan fingerprint density at radius 2 is 1.80 bits per heavy atom. The van der Waals surface area contributed by atoms with Crippen molar-refractivity contribution in [2.45, 2.75) is 53.3 Å². The highest BCUT2D eigenvalue weighted by atomic mass is 16.6. The van der Waals surface area contributed by atoms with Crippen molar-refractivity contribution in [1.29, 1.82) is 0 Å². The molecule has 7 heteroatoms. The second-order valence-corrected chi connectivity index (χ2v) is 10.4. The van der Waals surface area contributed by atoms with Crippen LogP contribution < -0.4 is 10.2 Å². The van der Waals surface area contributed by atoms with E-state index in [2.05, 4.69) is 41.1 Å². The molecule has 7 nitrogen and oxygen atoms in total. The molecule has 3 aromatic rings. The van der Waals surface area contributed by atoms with Crippen molar-refractivity contribution in [3.63, 3.8) is 0 Å². The van der Waals surface area contributed by atoms with E-state index in [0.717, 1.165) is 52.9 Å². The van der Waals surface area contributed by atoms with Crippen molar-refractivity contribution >= 4 is 28.6 Å². The number of benzene rings is 2. The van der Waals surface area contributed by atoms with Gasteiger partial charge in [-0.05, 0) is 90.2 Å². The van der Waals surface area contributed by atoms with Crippen molar-refractivity contribution in [1.82, 2.24) is 14.8 Å². The zero-order valence-corrected chi connectivity index (χ0v) is 21.9. The number of aromatic nitrogens is 1. The molecule has 0 fully saturated rings. The third kappa shape index (κ3) is 4.91. The number of ether oxygens (including phenoxy) is 1. The maximum absolute atomic E-state index is 13.5. The van der Waals surface area contributed by atoms with Gasteiger partial charge < -0.3 is 19.9 Å². The fraction of sp³-hybridized carbons (Fsp3) is 0.429. The summed E-state index contributed by atoms with van der Waals surface area (Å²) >= 11 is 0. The van der Waals surface area contributed by atoms with Gasteiger partial charge in [0.2, 0.25) is 0 Å². The average Bonchev–Trinajstić information content (AvgIpc) is 3.33. The molecule has 1 aliphatic heterocycles. The molecule has 0 saturated heterocycles. The lowest BCUT2D eigenvalue weighted by Crippen LogP contribution is -2.27. The van der Waals surface area contributed by atoms with Gasteiger partial charge in [0.1, 0.15) is 5.60 Å². The summed E-state index contributed by atoms with van der Waals surface area (Å²) in [6, 6.07) is 12.2. The van der Waals surface area contributed by atoms with Crippen LogP contribution in [-0.2, 0) is 17.8 Å². The Balaban J connectivity index is 1.99. The molecule has 1 aliphatic rings. The molecular weight excluding hydrogens is 440 g/mol. The van der Waals surface area contributed by atoms with Gasteiger partial charge in [-0.15, -0.1) is 0 Å². The Labute approximate surface area is 207 Å². The van der Waals surface area contributed by atoms with Gasteiger partial charge >= 0.3 is 6.09 Å². The van der Waals surface area contributed by atoms with Gasteiger partial charge in [-0.1, -0.05) is 6.07 Å². The lowest BCUT2D eigenvalue weighted by atomic mass is 9.96. The summed E-state index contributed by atoms with van der Waals surface area (Å²) in [5.74, 6) is -0.115. The van der Waals surface area contributed by atoms with Crippen LogP contribution in [0.1, 0.15) is 56.1 Å².